The molecule has 0 amide bonds. The van der Waals surface area contributed by atoms with E-state index in [9.17, 15) is 4.79 Å². The van der Waals surface area contributed by atoms with Crippen LogP contribution in [0.25, 0.3) is 0 Å². The van der Waals surface area contributed by atoms with Gasteiger partial charge in [-0.1, -0.05) is 37.3 Å². The Kier molecular flexibility index (Phi) is 7.30. The number of likely N-dealkylation sites (N-methyl/N-ethyl adjacent to an activating group) is 1. The molecule has 1 atom stereocenters. The lowest BCUT2D eigenvalue weighted by Crippen LogP contribution is -2.29. The van der Waals surface area contributed by atoms with Gasteiger partial charge in [-0.05, 0) is 19.0 Å². The zero-order valence-corrected chi connectivity index (χ0v) is 11.4. The molecule has 1 heterocycles. The first-order chi connectivity index (χ1) is 8.80. The van der Waals surface area contributed by atoms with E-state index in [0.29, 0.717) is 12.5 Å². The van der Waals surface area contributed by atoms with Crippen molar-refractivity contribution in [3.8, 4) is 0 Å². The van der Waals surface area contributed by atoms with E-state index in [0.717, 1.165) is 12.8 Å². The Morgan fingerprint density at radius 1 is 1.39 bits per heavy atom. The summed E-state index contributed by atoms with van der Waals surface area (Å²) in [5, 5.41) is 3.34. The zero-order chi connectivity index (χ0) is 13.2. The van der Waals surface area contributed by atoms with Gasteiger partial charge in [-0.2, -0.15) is 0 Å². The number of benzene rings is 1. The van der Waals surface area contributed by atoms with Crippen LogP contribution in [0.15, 0.2) is 30.3 Å². The number of rotatable bonds is 4. The van der Waals surface area contributed by atoms with E-state index in [4.69, 9.17) is 0 Å². The van der Waals surface area contributed by atoms with Crippen LogP contribution in [-0.4, -0.2) is 37.4 Å². The monoisotopic (exact) mass is 248 g/mol. The van der Waals surface area contributed by atoms with Gasteiger partial charge in [0.25, 0.3) is 0 Å². The summed E-state index contributed by atoms with van der Waals surface area (Å²) in [7, 11) is 2.05. The zero-order valence-electron chi connectivity index (χ0n) is 11.4. The molecule has 0 aromatic heterocycles. The molecule has 0 aliphatic carbocycles. The Hall–Kier alpha value is -1.19. The van der Waals surface area contributed by atoms with Crippen LogP contribution in [-0.2, 0) is 11.3 Å². The summed E-state index contributed by atoms with van der Waals surface area (Å²) in [4.78, 5) is 11.7. The smallest absolute Gasteiger partial charge is 0.119 e. The number of carbonyl (C=O) groups is 1. The lowest BCUT2D eigenvalue weighted by Gasteiger charge is -2.15. The molecule has 1 fully saturated rings. The number of nitrogens with one attached hydrogen (secondary N) is 1. The van der Waals surface area contributed by atoms with Crippen molar-refractivity contribution in [1.29, 1.82) is 0 Å². The fourth-order valence-electron chi connectivity index (χ4n) is 2.05. The second-order valence-corrected chi connectivity index (χ2v) is 4.57. The molecule has 100 valence electrons. The molecule has 3 heteroatoms. The molecule has 18 heavy (non-hydrogen) atoms. The lowest BCUT2D eigenvalue weighted by molar-refractivity contribution is -0.107. The van der Waals surface area contributed by atoms with Crippen LogP contribution in [0, 0.1) is 0 Å². The molecule has 0 saturated carbocycles. The molecule has 2 rings (SSSR count). The molecule has 1 unspecified atom stereocenters. The summed E-state index contributed by atoms with van der Waals surface area (Å²) < 4.78 is 0. The summed E-state index contributed by atoms with van der Waals surface area (Å²) in [5.41, 5.74) is 1.42. The molecule has 1 aliphatic heterocycles. The van der Waals surface area contributed by atoms with Crippen molar-refractivity contribution >= 4 is 6.29 Å². The minimum atomic E-state index is 0.639. The van der Waals surface area contributed by atoms with Gasteiger partial charge in [0.15, 0.2) is 0 Å². The molecule has 1 N–H and O–H groups in total. The number of hydrogen-bond donors (Lipinski definition) is 1. The largest absolute Gasteiger partial charge is 0.316 e. The number of hydrogen-bond acceptors (Lipinski definition) is 3. The van der Waals surface area contributed by atoms with Crippen LogP contribution < -0.4 is 5.32 Å². The maximum absolute atomic E-state index is 9.17. The number of nitrogens with zero attached hydrogens (tertiary/aromatic N) is 1. The molecule has 0 spiro atoms. The van der Waals surface area contributed by atoms with Gasteiger partial charge in [-0.3, -0.25) is 4.90 Å². The van der Waals surface area contributed by atoms with Gasteiger partial charge in [0.1, 0.15) is 6.29 Å². The van der Waals surface area contributed by atoms with E-state index >= 15 is 0 Å². The normalized spacial score (nSPS) is 19.1. The average molecular weight is 248 g/mol. The predicted octanol–water partition coefficient (Wildman–Crippen LogP) is 2.08. The number of carbonyl (C=O) groups excluding carboxylic acids is 1. The second-order valence-electron chi connectivity index (χ2n) is 4.57. The quantitative estimate of drug-likeness (QED) is 0.828. The topological polar surface area (TPSA) is 32.3 Å². The molecular weight excluding hydrogens is 224 g/mol. The summed E-state index contributed by atoms with van der Waals surface area (Å²) >= 11 is 0. The summed E-state index contributed by atoms with van der Waals surface area (Å²) in [6.07, 6.45) is 2.79. The SMILES string of the molecule is CCC=O.CNC1CCN(Cc2ccccc2)C1. The Morgan fingerprint density at radius 3 is 2.56 bits per heavy atom. The van der Waals surface area contributed by atoms with E-state index in [1.54, 1.807) is 0 Å². The van der Waals surface area contributed by atoms with Crippen LogP contribution in [0.2, 0.25) is 0 Å². The first kappa shape index (κ1) is 14.9. The Bertz CT molecular complexity index is 327. The van der Waals surface area contributed by atoms with Crippen LogP contribution in [0.4, 0.5) is 0 Å². The molecule has 1 aliphatic rings. The Labute approximate surface area is 110 Å². The summed E-state index contributed by atoms with van der Waals surface area (Å²) in [6, 6.07) is 11.4. The van der Waals surface area contributed by atoms with E-state index in [1.807, 2.05) is 6.92 Å². The van der Waals surface area contributed by atoms with Crippen molar-refractivity contribution in [2.45, 2.75) is 32.4 Å². The summed E-state index contributed by atoms with van der Waals surface area (Å²) in [6.45, 7) is 5.32. The van der Waals surface area contributed by atoms with E-state index in [2.05, 4.69) is 47.6 Å². The third-order valence-electron chi connectivity index (χ3n) is 3.10. The van der Waals surface area contributed by atoms with Crippen molar-refractivity contribution in [1.82, 2.24) is 10.2 Å². The van der Waals surface area contributed by atoms with Gasteiger partial charge in [0, 0.05) is 32.1 Å². The average Bonchev–Trinajstić information content (AvgIpc) is 2.88. The number of aldehydes is 1. The third-order valence-corrected chi connectivity index (χ3v) is 3.10. The van der Waals surface area contributed by atoms with Crippen molar-refractivity contribution < 1.29 is 4.79 Å². The summed E-state index contributed by atoms with van der Waals surface area (Å²) in [5.74, 6) is 0. The van der Waals surface area contributed by atoms with Crippen molar-refractivity contribution in [2.24, 2.45) is 0 Å². The first-order valence-corrected chi connectivity index (χ1v) is 6.67. The molecule has 1 aromatic carbocycles. The maximum atomic E-state index is 9.17. The van der Waals surface area contributed by atoms with Gasteiger partial charge in [0.2, 0.25) is 0 Å². The van der Waals surface area contributed by atoms with Gasteiger partial charge < -0.3 is 10.1 Å². The molecule has 0 bridgehead atoms. The second kappa shape index (κ2) is 8.84. The van der Waals surface area contributed by atoms with Crippen molar-refractivity contribution in [3.05, 3.63) is 35.9 Å². The first-order valence-electron chi connectivity index (χ1n) is 6.67. The van der Waals surface area contributed by atoms with Crippen LogP contribution in [0.1, 0.15) is 25.3 Å². The fourth-order valence-corrected chi connectivity index (χ4v) is 2.05. The molecular formula is C15H24N2O. The highest BCUT2D eigenvalue weighted by Gasteiger charge is 2.20. The molecule has 1 saturated heterocycles. The highest BCUT2D eigenvalue weighted by atomic mass is 16.1. The van der Waals surface area contributed by atoms with Gasteiger partial charge in [-0.15, -0.1) is 0 Å². The Morgan fingerprint density at radius 2 is 2.06 bits per heavy atom. The minimum Gasteiger partial charge on any atom is -0.316 e. The molecule has 3 nitrogen and oxygen atoms in total. The van der Waals surface area contributed by atoms with Crippen LogP contribution in [0.3, 0.4) is 0 Å². The maximum Gasteiger partial charge on any atom is 0.119 e. The minimum absolute atomic E-state index is 0.639. The molecule has 0 radical (unpaired) electrons. The number of likely N-dealkylation sites (tertiary alicyclic amines) is 1. The highest BCUT2D eigenvalue weighted by Crippen LogP contribution is 2.12. The van der Waals surface area contributed by atoms with Crippen molar-refractivity contribution in [3.63, 3.8) is 0 Å². The van der Waals surface area contributed by atoms with E-state index < -0.39 is 0 Å². The molecule has 1 aromatic rings. The van der Waals surface area contributed by atoms with Gasteiger partial charge in [-0.25, -0.2) is 0 Å². The Balaban J connectivity index is 0.000000357. The fraction of sp³-hybridized carbons (Fsp3) is 0.533. The lowest BCUT2D eigenvalue weighted by atomic mass is 10.2. The standard InChI is InChI=1S/C12H18N2.C3H6O/c1-13-12-7-8-14(10-12)9-11-5-3-2-4-6-11;1-2-3-4/h2-6,12-13H,7-10H2,1H3;3H,2H2,1H3. The van der Waals surface area contributed by atoms with Crippen LogP contribution >= 0.6 is 0 Å². The van der Waals surface area contributed by atoms with Gasteiger partial charge >= 0.3 is 0 Å². The van der Waals surface area contributed by atoms with E-state index in [1.165, 1.54) is 25.1 Å². The predicted molar refractivity (Wildman–Crippen MR) is 75.5 cm³/mol. The van der Waals surface area contributed by atoms with Gasteiger partial charge in [0.05, 0.1) is 0 Å². The highest BCUT2D eigenvalue weighted by molar-refractivity contribution is 5.48. The third kappa shape index (κ3) is 5.43. The van der Waals surface area contributed by atoms with E-state index in [-0.39, 0.29) is 0 Å². The van der Waals surface area contributed by atoms with Crippen LogP contribution in [0.5, 0.6) is 0 Å². The van der Waals surface area contributed by atoms with Crippen molar-refractivity contribution in [2.75, 3.05) is 20.1 Å².